The van der Waals surface area contributed by atoms with Crippen LogP contribution in [0.5, 0.6) is 0 Å². The van der Waals surface area contributed by atoms with Crippen molar-refractivity contribution in [3.63, 3.8) is 0 Å². The highest BCUT2D eigenvalue weighted by molar-refractivity contribution is 5.75. The number of rotatable bonds is 4. The van der Waals surface area contributed by atoms with Crippen LogP contribution in [0.4, 0.5) is 0 Å². The average Bonchev–Trinajstić information content (AvgIpc) is 2.68. The number of aryl methyl sites for hydroxylation is 1. The van der Waals surface area contributed by atoms with Gasteiger partial charge in [-0.05, 0) is 55.6 Å². The van der Waals surface area contributed by atoms with Gasteiger partial charge in [-0.1, -0.05) is 61.7 Å². The normalized spacial score (nSPS) is 19.5. The Balaban J connectivity index is 1.95. The van der Waals surface area contributed by atoms with Crippen molar-refractivity contribution in [2.75, 3.05) is 0 Å². The highest BCUT2D eigenvalue weighted by Gasteiger charge is 2.25. The van der Waals surface area contributed by atoms with Gasteiger partial charge in [-0.15, -0.1) is 0 Å². The average molecular weight is 342 g/mol. The molecule has 1 saturated carbocycles. The van der Waals surface area contributed by atoms with Gasteiger partial charge in [0.15, 0.2) is 0 Å². The summed E-state index contributed by atoms with van der Waals surface area (Å²) in [5.41, 5.74) is 5.26. The minimum atomic E-state index is 0.414. The molecule has 0 heterocycles. The largest absolute Gasteiger partial charge is 0.192 e. The van der Waals surface area contributed by atoms with E-state index in [1.807, 2.05) is 37.3 Å². The zero-order valence-electron chi connectivity index (χ0n) is 15.8. The van der Waals surface area contributed by atoms with Gasteiger partial charge in [-0.2, -0.15) is 10.5 Å². The number of benzene rings is 2. The summed E-state index contributed by atoms with van der Waals surface area (Å²) in [6, 6.07) is 17.0. The molecule has 2 aromatic rings. The van der Waals surface area contributed by atoms with E-state index in [0.717, 1.165) is 35.4 Å². The van der Waals surface area contributed by atoms with Crippen LogP contribution in [-0.4, -0.2) is 0 Å². The van der Waals surface area contributed by atoms with Crippen LogP contribution in [0.25, 0.3) is 11.1 Å². The zero-order chi connectivity index (χ0) is 18.5. The lowest BCUT2D eigenvalue weighted by molar-refractivity contribution is 0.308. The second kappa shape index (κ2) is 8.20. The van der Waals surface area contributed by atoms with Gasteiger partial charge < -0.3 is 0 Å². The Hall–Kier alpha value is -2.58. The lowest BCUT2D eigenvalue weighted by Gasteiger charge is -2.29. The maximum atomic E-state index is 9.81. The first-order chi connectivity index (χ1) is 12.7. The fourth-order valence-electron chi connectivity index (χ4n) is 4.34. The SMILES string of the molecule is CCC[C@H]1CC[C@H](c2ccc(-c3ccc(C)cc3)c(C#N)c2C#N)CC1. The van der Waals surface area contributed by atoms with Crippen molar-refractivity contribution in [3.05, 3.63) is 58.7 Å². The quantitative estimate of drug-likeness (QED) is 0.638. The van der Waals surface area contributed by atoms with Crippen molar-refractivity contribution in [2.24, 2.45) is 5.92 Å². The molecular weight excluding hydrogens is 316 g/mol. The molecule has 0 unspecified atom stereocenters. The number of nitriles is 2. The van der Waals surface area contributed by atoms with Crippen LogP contribution in [0, 0.1) is 35.5 Å². The van der Waals surface area contributed by atoms with Crippen LogP contribution in [0.1, 0.15) is 73.6 Å². The molecule has 1 aliphatic rings. The molecule has 2 aromatic carbocycles. The third kappa shape index (κ3) is 3.66. The van der Waals surface area contributed by atoms with Crippen molar-refractivity contribution in [2.45, 2.75) is 58.3 Å². The fraction of sp³-hybridized carbons (Fsp3) is 0.417. The van der Waals surface area contributed by atoms with Crippen LogP contribution < -0.4 is 0 Å². The van der Waals surface area contributed by atoms with E-state index in [1.165, 1.54) is 31.2 Å². The van der Waals surface area contributed by atoms with Gasteiger partial charge in [0.05, 0.1) is 11.1 Å². The zero-order valence-corrected chi connectivity index (χ0v) is 15.8. The van der Waals surface area contributed by atoms with Crippen LogP contribution >= 0.6 is 0 Å². The van der Waals surface area contributed by atoms with Gasteiger partial charge in [0.2, 0.25) is 0 Å². The summed E-state index contributed by atoms with van der Waals surface area (Å²) in [5.74, 6) is 1.25. The molecule has 0 radical (unpaired) electrons. The van der Waals surface area contributed by atoms with Gasteiger partial charge in [0.25, 0.3) is 0 Å². The molecule has 2 heteroatoms. The Bertz CT molecular complexity index is 842. The van der Waals surface area contributed by atoms with E-state index in [4.69, 9.17) is 0 Å². The summed E-state index contributed by atoms with van der Waals surface area (Å²) >= 11 is 0. The molecule has 0 saturated heterocycles. The summed E-state index contributed by atoms with van der Waals surface area (Å²) in [6.07, 6.45) is 7.31. The van der Waals surface area contributed by atoms with Gasteiger partial charge in [0.1, 0.15) is 12.1 Å². The summed E-state index contributed by atoms with van der Waals surface area (Å²) in [4.78, 5) is 0. The molecule has 0 amide bonds. The van der Waals surface area contributed by atoms with Gasteiger partial charge >= 0.3 is 0 Å². The van der Waals surface area contributed by atoms with Crippen molar-refractivity contribution in [1.29, 1.82) is 10.5 Å². The molecule has 1 aliphatic carbocycles. The molecule has 0 atom stereocenters. The number of nitrogens with zero attached hydrogens (tertiary/aromatic N) is 2. The molecule has 132 valence electrons. The molecule has 1 fully saturated rings. The molecule has 0 bridgehead atoms. The van der Waals surface area contributed by atoms with Crippen molar-refractivity contribution in [3.8, 4) is 23.3 Å². The Labute approximate surface area is 157 Å². The first-order valence-corrected chi connectivity index (χ1v) is 9.72. The topological polar surface area (TPSA) is 47.6 Å². The Morgan fingerprint density at radius 3 is 2.12 bits per heavy atom. The lowest BCUT2D eigenvalue weighted by atomic mass is 9.75. The van der Waals surface area contributed by atoms with E-state index in [1.54, 1.807) is 0 Å². The maximum absolute atomic E-state index is 9.81. The van der Waals surface area contributed by atoms with Gasteiger partial charge in [-0.25, -0.2) is 0 Å². The minimum Gasteiger partial charge on any atom is -0.192 e. The van der Waals surface area contributed by atoms with E-state index >= 15 is 0 Å². The number of hydrogen-bond acceptors (Lipinski definition) is 2. The van der Waals surface area contributed by atoms with E-state index in [2.05, 4.69) is 25.1 Å². The van der Waals surface area contributed by atoms with Crippen molar-refractivity contribution < 1.29 is 0 Å². The first kappa shape index (κ1) is 18.2. The molecule has 0 spiro atoms. The first-order valence-electron chi connectivity index (χ1n) is 9.72. The predicted octanol–water partition coefficient (Wildman–Crippen LogP) is 6.48. The van der Waals surface area contributed by atoms with Gasteiger partial charge in [0, 0.05) is 5.56 Å². The van der Waals surface area contributed by atoms with E-state index in [-0.39, 0.29) is 0 Å². The van der Waals surface area contributed by atoms with E-state index in [0.29, 0.717) is 17.0 Å². The summed E-state index contributed by atoms with van der Waals surface area (Å²) in [6.45, 7) is 4.30. The Morgan fingerprint density at radius 1 is 0.885 bits per heavy atom. The fourth-order valence-corrected chi connectivity index (χ4v) is 4.34. The second-order valence-electron chi connectivity index (χ2n) is 7.55. The summed E-state index contributed by atoms with van der Waals surface area (Å²) < 4.78 is 0. The minimum absolute atomic E-state index is 0.414. The summed E-state index contributed by atoms with van der Waals surface area (Å²) in [7, 11) is 0. The molecule has 2 nitrogen and oxygen atoms in total. The van der Waals surface area contributed by atoms with Crippen LogP contribution in [0.15, 0.2) is 36.4 Å². The molecule has 0 N–H and O–H groups in total. The summed E-state index contributed by atoms with van der Waals surface area (Å²) in [5, 5.41) is 19.6. The van der Waals surface area contributed by atoms with Crippen LogP contribution in [-0.2, 0) is 0 Å². The lowest BCUT2D eigenvalue weighted by Crippen LogP contribution is -2.14. The van der Waals surface area contributed by atoms with E-state index in [9.17, 15) is 10.5 Å². The third-order valence-corrected chi connectivity index (χ3v) is 5.81. The van der Waals surface area contributed by atoms with E-state index < -0.39 is 0 Å². The highest BCUT2D eigenvalue weighted by Crippen LogP contribution is 2.40. The molecular formula is C24H26N2. The monoisotopic (exact) mass is 342 g/mol. The van der Waals surface area contributed by atoms with Gasteiger partial charge in [-0.3, -0.25) is 0 Å². The van der Waals surface area contributed by atoms with Crippen LogP contribution in [0.3, 0.4) is 0 Å². The van der Waals surface area contributed by atoms with Crippen LogP contribution in [0.2, 0.25) is 0 Å². The third-order valence-electron chi connectivity index (χ3n) is 5.81. The highest BCUT2D eigenvalue weighted by atomic mass is 14.3. The Morgan fingerprint density at radius 2 is 1.54 bits per heavy atom. The second-order valence-corrected chi connectivity index (χ2v) is 7.55. The predicted molar refractivity (Wildman–Crippen MR) is 106 cm³/mol. The number of hydrogen-bond donors (Lipinski definition) is 0. The molecule has 0 aromatic heterocycles. The smallest absolute Gasteiger partial charge is 0.101 e. The van der Waals surface area contributed by atoms with Crippen molar-refractivity contribution in [1.82, 2.24) is 0 Å². The molecule has 3 rings (SSSR count). The molecule has 0 aliphatic heterocycles. The molecule has 26 heavy (non-hydrogen) atoms. The standard InChI is InChI=1S/C24H26N2/c1-3-4-18-7-11-20(12-8-18)22-14-13-21(23(15-25)24(22)16-26)19-9-5-17(2)6-10-19/h5-6,9-10,13-14,18,20H,3-4,7-8,11-12H2,1-2H3/t18-,20-. The van der Waals surface area contributed by atoms with Crippen molar-refractivity contribution >= 4 is 0 Å². The Kier molecular flexibility index (Phi) is 5.75. The maximum Gasteiger partial charge on any atom is 0.101 e.